The first-order chi connectivity index (χ1) is 12.1. The SMILES string of the molecule is Cc1cccc(OCCN2CCN(C(=O)c3ccc(F)cc3)CC2)c1. The highest BCUT2D eigenvalue weighted by molar-refractivity contribution is 5.94. The second kappa shape index (κ2) is 8.12. The van der Waals surface area contributed by atoms with Gasteiger partial charge in [-0.25, -0.2) is 4.39 Å². The molecule has 1 amide bonds. The molecule has 2 aromatic carbocycles. The summed E-state index contributed by atoms with van der Waals surface area (Å²) in [6.45, 7) is 6.53. The van der Waals surface area contributed by atoms with Crippen LogP contribution in [0.3, 0.4) is 0 Å². The van der Waals surface area contributed by atoms with Gasteiger partial charge in [0.2, 0.25) is 0 Å². The second-order valence-corrected chi connectivity index (χ2v) is 6.31. The number of halogens is 1. The molecule has 1 fully saturated rings. The van der Waals surface area contributed by atoms with Crippen molar-refractivity contribution in [3.05, 3.63) is 65.5 Å². The molecular weight excluding hydrogens is 319 g/mol. The molecule has 0 N–H and O–H groups in total. The first-order valence-electron chi connectivity index (χ1n) is 8.58. The predicted octanol–water partition coefficient (Wildman–Crippen LogP) is 2.97. The van der Waals surface area contributed by atoms with E-state index in [1.54, 1.807) is 12.1 Å². The molecule has 0 saturated carbocycles. The first-order valence-corrected chi connectivity index (χ1v) is 8.58. The molecule has 1 saturated heterocycles. The van der Waals surface area contributed by atoms with Crippen LogP contribution in [0.15, 0.2) is 48.5 Å². The van der Waals surface area contributed by atoms with Crippen LogP contribution in [0.1, 0.15) is 15.9 Å². The Morgan fingerprint density at radius 2 is 1.80 bits per heavy atom. The summed E-state index contributed by atoms with van der Waals surface area (Å²) in [4.78, 5) is 16.5. The van der Waals surface area contributed by atoms with Crippen molar-refractivity contribution in [1.29, 1.82) is 0 Å². The van der Waals surface area contributed by atoms with E-state index in [1.807, 2.05) is 36.1 Å². The average Bonchev–Trinajstić information content (AvgIpc) is 2.62. The van der Waals surface area contributed by atoms with Crippen LogP contribution in [0.25, 0.3) is 0 Å². The van der Waals surface area contributed by atoms with Crippen molar-refractivity contribution in [3.63, 3.8) is 0 Å². The second-order valence-electron chi connectivity index (χ2n) is 6.31. The highest BCUT2D eigenvalue weighted by Crippen LogP contribution is 2.13. The van der Waals surface area contributed by atoms with Gasteiger partial charge in [-0.2, -0.15) is 0 Å². The molecule has 0 aromatic heterocycles. The molecule has 4 nitrogen and oxygen atoms in total. The third-order valence-corrected chi connectivity index (χ3v) is 4.42. The molecule has 132 valence electrons. The molecule has 5 heteroatoms. The van der Waals surface area contributed by atoms with Crippen LogP contribution in [0.4, 0.5) is 4.39 Å². The number of rotatable bonds is 5. The number of carbonyl (C=O) groups is 1. The van der Waals surface area contributed by atoms with Crippen LogP contribution in [0, 0.1) is 12.7 Å². The lowest BCUT2D eigenvalue weighted by Crippen LogP contribution is -2.49. The van der Waals surface area contributed by atoms with Crippen molar-refractivity contribution >= 4 is 5.91 Å². The fourth-order valence-electron chi connectivity index (χ4n) is 2.95. The Morgan fingerprint density at radius 3 is 2.48 bits per heavy atom. The summed E-state index contributed by atoms with van der Waals surface area (Å²) in [5, 5.41) is 0. The molecule has 25 heavy (non-hydrogen) atoms. The summed E-state index contributed by atoms with van der Waals surface area (Å²) in [5.74, 6) is 0.538. The van der Waals surface area contributed by atoms with E-state index in [0.717, 1.165) is 25.4 Å². The summed E-state index contributed by atoms with van der Waals surface area (Å²) in [6, 6.07) is 13.8. The van der Waals surface area contributed by atoms with Gasteiger partial charge in [-0.1, -0.05) is 12.1 Å². The number of nitrogens with zero attached hydrogens (tertiary/aromatic N) is 2. The Kier molecular flexibility index (Phi) is 5.66. The lowest BCUT2D eigenvalue weighted by Gasteiger charge is -2.34. The Balaban J connectivity index is 1.42. The van der Waals surface area contributed by atoms with Gasteiger partial charge in [-0.05, 0) is 48.9 Å². The molecule has 3 rings (SSSR count). The van der Waals surface area contributed by atoms with E-state index in [9.17, 15) is 9.18 Å². The summed E-state index contributed by atoms with van der Waals surface area (Å²) in [5.41, 5.74) is 1.73. The average molecular weight is 342 g/mol. The summed E-state index contributed by atoms with van der Waals surface area (Å²) >= 11 is 0. The maximum absolute atomic E-state index is 13.0. The van der Waals surface area contributed by atoms with E-state index < -0.39 is 0 Å². The number of carbonyl (C=O) groups excluding carboxylic acids is 1. The van der Waals surface area contributed by atoms with Gasteiger partial charge in [-0.3, -0.25) is 9.69 Å². The van der Waals surface area contributed by atoms with Crippen LogP contribution in [0.5, 0.6) is 5.75 Å². The van der Waals surface area contributed by atoms with Gasteiger partial charge in [0.25, 0.3) is 5.91 Å². The fourth-order valence-corrected chi connectivity index (χ4v) is 2.95. The highest BCUT2D eigenvalue weighted by Gasteiger charge is 2.21. The van der Waals surface area contributed by atoms with Crippen LogP contribution in [-0.4, -0.2) is 55.0 Å². The molecule has 1 aliphatic rings. The number of amides is 1. The van der Waals surface area contributed by atoms with Gasteiger partial charge in [0.15, 0.2) is 0 Å². The maximum atomic E-state index is 13.0. The lowest BCUT2D eigenvalue weighted by atomic mass is 10.2. The molecule has 0 bridgehead atoms. The molecule has 0 aliphatic carbocycles. The van der Waals surface area contributed by atoms with Gasteiger partial charge < -0.3 is 9.64 Å². The summed E-state index contributed by atoms with van der Waals surface area (Å²) in [6.07, 6.45) is 0. The minimum atomic E-state index is -0.324. The molecule has 0 atom stereocenters. The smallest absolute Gasteiger partial charge is 0.253 e. The fraction of sp³-hybridized carbons (Fsp3) is 0.350. The molecule has 1 heterocycles. The quantitative estimate of drug-likeness (QED) is 0.837. The molecule has 2 aromatic rings. The zero-order chi connectivity index (χ0) is 17.6. The van der Waals surface area contributed by atoms with Gasteiger partial charge in [-0.15, -0.1) is 0 Å². The van der Waals surface area contributed by atoms with Crippen LogP contribution in [0.2, 0.25) is 0 Å². The first kappa shape index (κ1) is 17.4. The largest absolute Gasteiger partial charge is 0.492 e. The van der Waals surface area contributed by atoms with Crippen LogP contribution < -0.4 is 4.74 Å². The topological polar surface area (TPSA) is 32.8 Å². The van der Waals surface area contributed by atoms with Crippen LogP contribution >= 0.6 is 0 Å². The van der Waals surface area contributed by atoms with Gasteiger partial charge >= 0.3 is 0 Å². The summed E-state index contributed by atoms with van der Waals surface area (Å²) < 4.78 is 18.7. The molecule has 0 spiro atoms. The Hall–Kier alpha value is -2.40. The van der Waals surface area contributed by atoms with Crippen molar-refractivity contribution in [2.24, 2.45) is 0 Å². The monoisotopic (exact) mass is 342 g/mol. The highest BCUT2D eigenvalue weighted by atomic mass is 19.1. The lowest BCUT2D eigenvalue weighted by molar-refractivity contribution is 0.0620. The van der Waals surface area contributed by atoms with E-state index in [1.165, 1.54) is 17.7 Å². The van der Waals surface area contributed by atoms with Crippen molar-refractivity contribution in [2.75, 3.05) is 39.3 Å². The minimum absolute atomic E-state index is 0.0318. The molecule has 1 aliphatic heterocycles. The number of hydrogen-bond donors (Lipinski definition) is 0. The maximum Gasteiger partial charge on any atom is 0.253 e. The van der Waals surface area contributed by atoms with E-state index >= 15 is 0 Å². The molecule has 0 unspecified atom stereocenters. The van der Waals surface area contributed by atoms with Crippen molar-refractivity contribution in [3.8, 4) is 5.75 Å². The Labute approximate surface area is 147 Å². The van der Waals surface area contributed by atoms with Crippen molar-refractivity contribution in [1.82, 2.24) is 9.80 Å². The Morgan fingerprint density at radius 1 is 1.08 bits per heavy atom. The van der Waals surface area contributed by atoms with E-state index in [2.05, 4.69) is 4.90 Å². The van der Waals surface area contributed by atoms with Crippen LogP contribution in [-0.2, 0) is 0 Å². The summed E-state index contributed by atoms with van der Waals surface area (Å²) in [7, 11) is 0. The standard InChI is InChI=1S/C20H23FN2O2/c1-16-3-2-4-19(15-16)25-14-13-22-9-11-23(12-10-22)20(24)17-5-7-18(21)8-6-17/h2-8,15H,9-14H2,1H3. The number of benzene rings is 2. The predicted molar refractivity (Wildman–Crippen MR) is 95.4 cm³/mol. The van der Waals surface area contributed by atoms with Crippen molar-refractivity contribution in [2.45, 2.75) is 6.92 Å². The Bertz CT molecular complexity index is 710. The van der Waals surface area contributed by atoms with E-state index in [0.29, 0.717) is 25.3 Å². The van der Waals surface area contributed by atoms with Gasteiger partial charge in [0, 0.05) is 38.3 Å². The third kappa shape index (κ3) is 4.79. The van der Waals surface area contributed by atoms with Crippen molar-refractivity contribution < 1.29 is 13.9 Å². The zero-order valence-corrected chi connectivity index (χ0v) is 14.5. The normalized spacial score (nSPS) is 15.2. The zero-order valence-electron chi connectivity index (χ0n) is 14.5. The van der Waals surface area contributed by atoms with Gasteiger partial charge in [0.05, 0.1) is 0 Å². The number of piperazine rings is 1. The number of hydrogen-bond acceptors (Lipinski definition) is 3. The van der Waals surface area contributed by atoms with Gasteiger partial charge in [0.1, 0.15) is 18.2 Å². The third-order valence-electron chi connectivity index (χ3n) is 4.42. The minimum Gasteiger partial charge on any atom is -0.492 e. The van der Waals surface area contributed by atoms with E-state index in [4.69, 9.17) is 4.74 Å². The molecule has 0 radical (unpaired) electrons. The number of aryl methyl sites for hydroxylation is 1. The molecular formula is C20H23FN2O2. The number of ether oxygens (including phenoxy) is 1. The van der Waals surface area contributed by atoms with E-state index in [-0.39, 0.29) is 11.7 Å².